The number of hydrogen-bond acceptors (Lipinski definition) is 4. The van der Waals surface area contributed by atoms with Crippen LogP contribution in [-0.2, 0) is 23.0 Å². The highest BCUT2D eigenvalue weighted by atomic mass is 32.2. The summed E-state index contributed by atoms with van der Waals surface area (Å²) in [5.41, 5.74) is 2.14. The highest BCUT2D eigenvalue weighted by Crippen LogP contribution is 2.37. The van der Waals surface area contributed by atoms with Gasteiger partial charge < -0.3 is 10.1 Å². The van der Waals surface area contributed by atoms with Gasteiger partial charge in [0.25, 0.3) is 0 Å². The SMILES string of the molecule is CNS(=O)(=O)CCNCc1cccc2c1OC(C)(C)C2. The Kier molecular flexibility index (Phi) is 4.36. The van der Waals surface area contributed by atoms with E-state index in [9.17, 15) is 8.42 Å². The first-order valence-corrected chi connectivity index (χ1v) is 8.40. The second kappa shape index (κ2) is 5.71. The first kappa shape index (κ1) is 15.3. The van der Waals surface area contributed by atoms with Gasteiger partial charge in [-0.15, -0.1) is 0 Å². The monoisotopic (exact) mass is 298 g/mol. The number of fused-ring (bicyclic) bond motifs is 1. The lowest BCUT2D eigenvalue weighted by Gasteiger charge is -2.18. The van der Waals surface area contributed by atoms with Gasteiger partial charge in [0.1, 0.15) is 11.4 Å². The van der Waals surface area contributed by atoms with E-state index in [-0.39, 0.29) is 11.4 Å². The Morgan fingerprint density at radius 2 is 2.10 bits per heavy atom. The van der Waals surface area contributed by atoms with E-state index in [1.807, 2.05) is 12.1 Å². The van der Waals surface area contributed by atoms with Crippen LogP contribution in [0, 0.1) is 0 Å². The van der Waals surface area contributed by atoms with Crippen LogP contribution in [0.5, 0.6) is 5.75 Å². The van der Waals surface area contributed by atoms with Gasteiger partial charge in [0.2, 0.25) is 10.0 Å². The van der Waals surface area contributed by atoms with Gasteiger partial charge in [0, 0.05) is 25.1 Å². The van der Waals surface area contributed by atoms with E-state index in [1.54, 1.807) is 0 Å². The van der Waals surface area contributed by atoms with E-state index in [1.165, 1.54) is 12.6 Å². The topological polar surface area (TPSA) is 67.4 Å². The third-order valence-electron chi connectivity index (χ3n) is 3.35. The smallest absolute Gasteiger partial charge is 0.212 e. The van der Waals surface area contributed by atoms with Crippen molar-refractivity contribution in [3.05, 3.63) is 29.3 Å². The number of para-hydroxylation sites is 1. The first-order chi connectivity index (χ1) is 9.33. The van der Waals surface area contributed by atoms with Gasteiger partial charge in [-0.1, -0.05) is 18.2 Å². The predicted octanol–water partition coefficient (Wildman–Crippen LogP) is 1.04. The lowest BCUT2D eigenvalue weighted by atomic mass is 10.0. The van der Waals surface area contributed by atoms with Gasteiger partial charge in [0.15, 0.2) is 0 Å². The van der Waals surface area contributed by atoms with Crippen LogP contribution >= 0.6 is 0 Å². The van der Waals surface area contributed by atoms with Crippen molar-refractivity contribution in [3.8, 4) is 5.75 Å². The fourth-order valence-electron chi connectivity index (χ4n) is 2.35. The van der Waals surface area contributed by atoms with Crippen molar-refractivity contribution in [1.29, 1.82) is 0 Å². The number of nitrogens with one attached hydrogen (secondary N) is 2. The zero-order valence-corrected chi connectivity index (χ0v) is 13.0. The quantitative estimate of drug-likeness (QED) is 0.770. The molecule has 0 unspecified atom stereocenters. The summed E-state index contributed by atoms with van der Waals surface area (Å²) in [5.74, 6) is 1.02. The molecule has 0 amide bonds. The largest absolute Gasteiger partial charge is 0.487 e. The molecule has 20 heavy (non-hydrogen) atoms. The van der Waals surface area contributed by atoms with Crippen LogP contribution in [-0.4, -0.2) is 33.4 Å². The van der Waals surface area contributed by atoms with Crippen LogP contribution in [0.15, 0.2) is 18.2 Å². The molecule has 0 atom stereocenters. The molecule has 0 aromatic heterocycles. The predicted molar refractivity (Wildman–Crippen MR) is 79.4 cm³/mol. The highest BCUT2D eigenvalue weighted by molar-refractivity contribution is 7.89. The third kappa shape index (κ3) is 3.71. The Balaban J connectivity index is 1.94. The summed E-state index contributed by atoms with van der Waals surface area (Å²) in [6, 6.07) is 6.11. The molecule has 0 spiro atoms. The molecule has 0 bridgehead atoms. The molecule has 1 aliphatic rings. The summed E-state index contributed by atoms with van der Waals surface area (Å²) in [4.78, 5) is 0. The van der Waals surface area contributed by atoms with E-state index < -0.39 is 10.0 Å². The van der Waals surface area contributed by atoms with Gasteiger partial charge >= 0.3 is 0 Å². The average Bonchev–Trinajstić information content (AvgIpc) is 2.69. The van der Waals surface area contributed by atoms with Crippen LogP contribution in [0.2, 0.25) is 0 Å². The average molecular weight is 298 g/mol. The lowest BCUT2D eigenvalue weighted by Crippen LogP contribution is -2.29. The van der Waals surface area contributed by atoms with Gasteiger partial charge in [0.05, 0.1) is 5.75 Å². The first-order valence-electron chi connectivity index (χ1n) is 6.75. The Morgan fingerprint density at radius 3 is 2.80 bits per heavy atom. The molecule has 0 radical (unpaired) electrons. The minimum Gasteiger partial charge on any atom is -0.487 e. The lowest BCUT2D eigenvalue weighted by molar-refractivity contribution is 0.137. The zero-order chi connectivity index (χ0) is 14.8. The summed E-state index contributed by atoms with van der Waals surface area (Å²) in [5, 5.41) is 3.15. The highest BCUT2D eigenvalue weighted by Gasteiger charge is 2.31. The molecule has 112 valence electrons. The zero-order valence-electron chi connectivity index (χ0n) is 12.2. The van der Waals surface area contributed by atoms with Crippen molar-refractivity contribution < 1.29 is 13.2 Å². The summed E-state index contributed by atoms with van der Waals surface area (Å²) in [7, 11) is -1.72. The van der Waals surface area contributed by atoms with Crippen LogP contribution in [0.25, 0.3) is 0 Å². The molecule has 2 rings (SSSR count). The number of ether oxygens (including phenoxy) is 1. The molecule has 1 aliphatic heterocycles. The standard InChI is InChI=1S/C14H22N2O3S/c1-14(2)9-11-5-4-6-12(13(11)19-14)10-16-7-8-20(17,18)15-3/h4-6,15-16H,7-10H2,1-3H3. The second-order valence-electron chi connectivity index (χ2n) is 5.64. The van der Waals surface area contributed by atoms with Gasteiger partial charge in [-0.2, -0.15) is 0 Å². The molecule has 1 aromatic rings. The summed E-state index contributed by atoms with van der Waals surface area (Å²) in [6.07, 6.45) is 0.907. The van der Waals surface area contributed by atoms with Crippen molar-refractivity contribution in [3.63, 3.8) is 0 Å². The van der Waals surface area contributed by atoms with E-state index in [0.717, 1.165) is 17.7 Å². The molecule has 6 heteroatoms. The maximum Gasteiger partial charge on any atom is 0.212 e. The van der Waals surface area contributed by atoms with Crippen molar-refractivity contribution >= 4 is 10.0 Å². The van der Waals surface area contributed by atoms with E-state index in [2.05, 4.69) is 30.0 Å². The summed E-state index contributed by atoms with van der Waals surface area (Å²) in [6.45, 7) is 5.17. The molecular weight excluding hydrogens is 276 g/mol. The molecule has 0 saturated carbocycles. The Labute approximate surface area is 120 Å². The normalized spacial score (nSPS) is 16.8. The van der Waals surface area contributed by atoms with Crippen LogP contribution in [0.1, 0.15) is 25.0 Å². The number of rotatable bonds is 6. The molecule has 0 fully saturated rings. The summed E-state index contributed by atoms with van der Waals surface area (Å²) < 4.78 is 30.9. The minimum atomic E-state index is -3.15. The van der Waals surface area contributed by atoms with Gasteiger partial charge in [-0.05, 0) is 26.5 Å². The molecule has 0 aliphatic carbocycles. The minimum absolute atomic E-state index is 0.0743. The molecular formula is C14H22N2O3S. The van der Waals surface area contributed by atoms with Gasteiger partial charge in [-0.25, -0.2) is 13.1 Å². The van der Waals surface area contributed by atoms with Crippen LogP contribution in [0.3, 0.4) is 0 Å². The van der Waals surface area contributed by atoms with Crippen LogP contribution in [0.4, 0.5) is 0 Å². The van der Waals surface area contributed by atoms with Gasteiger partial charge in [-0.3, -0.25) is 0 Å². The van der Waals surface area contributed by atoms with E-state index in [0.29, 0.717) is 13.1 Å². The fraction of sp³-hybridized carbons (Fsp3) is 0.571. The van der Waals surface area contributed by atoms with E-state index in [4.69, 9.17) is 4.74 Å². The Bertz CT molecular complexity index is 582. The second-order valence-corrected chi connectivity index (χ2v) is 7.69. The Morgan fingerprint density at radius 1 is 1.35 bits per heavy atom. The van der Waals surface area contributed by atoms with Crippen molar-refractivity contribution in [2.75, 3.05) is 19.3 Å². The third-order valence-corrected chi connectivity index (χ3v) is 4.71. The molecule has 2 N–H and O–H groups in total. The number of benzene rings is 1. The number of hydrogen-bond donors (Lipinski definition) is 2. The van der Waals surface area contributed by atoms with E-state index >= 15 is 0 Å². The maximum absolute atomic E-state index is 11.3. The van der Waals surface area contributed by atoms with Crippen LogP contribution < -0.4 is 14.8 Å². The summed E-state index contributed by atoms with van der Waals surface area (Å²) >= 11 is 0. The molecule has 1 aromatic carbocycles. The maximum atomic E-state index is 11.3. The Hall–Kier alpha value is -1.11. The molecule has 1 heterocycles. The van der Waals surface area contributed by atoms with Crippen molar-refractivity contribution in [2.24, 2.45) is 0 Å². The molecule has 5 nitrogen and oxygen atoms in total. The number of sulfonamides is 1. The van der Waals surface area contributed by atoms with Crippen molar-refractivity contribution in [2.45, 2.75) is 32.4 Å². The van der Waals surface area contributed by atoms with Crippen molar-refractivity contribution in [1.82, 2.24) is 10.0 Å². The fourth-order valence-corrected chi connectivity index (χ4v) is 2.97. The molecule has 0 saturated heterocycles.